The van der Waals surface area contributed by atoms with E-state index in [1.54, 1.807) is 6.20 Å². The zero-order chi connectivity index (χ0) is 12.3. The quantitative estimate of drug-likeness (QED) is 0.775. The molecule has 1 aromatic heterocycles. The zero-order valence-electron chi connectivity index (χ0n) is 10.1. The Morgan fingerprint density at radius 1 is 1.47 bits per heavy atom. The highest BCUT2D eigenvalue weighted by Gasteiger charge is 2.02. The number of hydrogen-bond donors (Lipinski definition) is 0. The molecule has 0 radical (unpaired) electrons. The van der Waals surface area contributed by atoms with Gasteiger partial charge in [-0.25, -0.2) is 4.98 Å². The summed E-state index contributed by atoms with van der Waals surface area (Å²) in [6, 6.07) is 6.37. The molecule has 0 aliphatic heterocycles. The van der Waals surface area contributed by atoms with Crippen LogP contribution < -0.4 is 0 Å². The van der Waals surface area contributed by atoms with Crippen LogP contribution in [-0.4, -0.2) is 9.55 Å². The molecule has 2 heteroatoms. The summed E-state index contributed by atoms with van der Waals surface area (Å²) in [6.45, 7) is 10.7. The van der Waals surface area contributed by atoms with Gasteiger partial charge in [-0.15, -0.1) is 0 Å². The Balaban J connectivity index is 2.34. The minimum atomic E-state index is 0.831. The van der Waals surface area contributed by atoms with E-state index in [-0.39, 0.29) is 0 Å². The average molecular weight is 224 g/mol. The van der Waals surface area contributed by atoms with Crippen LogP contribution in [0.3, 0.4) is 0 Å². The molecule has 2 nitrogen and oxygen atoms in total. The predicted molar refractivity (Wildman–Crippen MR) is 72.6 cm³/mol. The maximum absolute atomic E-state index is 4.04. The second-order valence-corrected chi connectivity index (χ2v) is 4.14. The van der Waals surface area contributed by atoms with Crippen LogP contribution in [0.4, 0.5) is 0 Å². The van der Waals surface area contributed by atoms with Crippen molar-refractivity contribution in [3.05, 3.63) is 66.8 Å². The molecular weight excluding hydrogens is 208 g/mol. The van der Waals surface area contributed by atoms with E-state index < -0.39 is 0 Å². The number of imidazole rings is 1. The van der Waals surface area contributed by atoms with E-state index in [4.69, 9.17) is 0 Å². The van der Waals surface area contributed by atoms with Crippen molar-refractivity contribution in [1.29, 1.82) is 0 Å². The molecule has 0 aliphatic carbocycles. The van der Waals surface area contributed by atoms with Gasteiger partial charge in [0.25, 0.3) is 0 Å². The van der Waals surface area contributed by atoms with E-state index in [1.807, 2.05) is 30.1 Å². The number of allylic oxidation sites excluding steroid dienone is 1. The fourth-order valence-electron chi connectivity index (χ4n) is 1.84. The lowest BCUT2D eigenvalue weighted by molar-refractivity contribution is 0.797. The van der Waals surface area contributed by atoms with E-state index in [2.05, 4.69) is 36.3 Å². The first-order valence-electron chi connectivity index (χ1n) is 5.57. The van der Waals surface area contributed by atoms with E-state index in [9.17, 15) is 0 Å². The normalized spacial score (nSPS) is 10.2. The van der Waals surface area contributed by atoms with Crippen LogP contribution in [-0.2, 0) is 6.54 Å². The van der Waals surface area contributed by atoms with Gasteiger partial charge in [-0.2, -0.15) is 0 Å². The second kappa shape index (κ2) is 4.83. The summed E-state index contributed by atoms with van der Waals surface area (Å²) < 4.78 is 2.05. The van der Waals surface area contributed by atoms with Crippen LogP contribution >= 0.6 is 0 Å². The van der Waals surface area contributed by atoms with Gasteiger partial charge in [-0.05, 0) is 29.7 Å². The summed E-state index contributed by atoms with van der Waals surface area (Å²) in [6.07, 6.45) is 7.44. The lowest BCUT2D eigenvalue weighted by Gasteiger charge is -2.09. The summed E-state index contributed by atoms with van der Waals surface area (Å²) >= 11 is 0. The van der Waals surface area contributed by atoms with Crippen LogP contribution in [0.5, 0.6) is 0 Å². The molecule has 17 heavy (non-hydrogen) atoms. The fourth-order valence-corrected chi connectivity index (χ4v) is 1.84. The number of aromatic nitrogens is 2. The van der Waals surface area contributed by atoms with Gasteiger partial charge in [-0.3, -0.25) is 0 Å². The van der Waals surface area contributed by atoms with Gasteiger partial charge in [0.05, 0.1) is 6.33 Å². The number of rotatable bonds is 4. The van der Waals surface area contributed by atoms with Crippen LogP contribution in [0.2, 0.25) is 0 Å². The highest BCUT2D eigenvalue weighted by atomic mass is 15.0. The molecule has 0 amide bonds. The maximum atomic E-state index is 4.04. The highest BCUT2D eigenvalue weighted by Crippen LogP contribution is 2.20. The minimum Gasteiger partial charge on any atom is -0.333 e. The van der Waals surface area contributed by atoms with Gasteiger partial charge in [0.15, 0.2) is 0 Å². The Labute approximate surface area is 102 Å². The first kappa shape index (κ1) is 11.4. The lowest BCUT2D eigenvalue weighted by atomic mass is 9.99. The molecule has 1 aromatic carbocycles. The molecule has 0 atom stereocenters. The number of hydrogen-bond acceptors (Lipinski definition) is 1. The Hall–Kier alpha value is -2.09. The Kier molecular flexibility index (Phi) is 3.24. The molecule has 0 N–H and O–H groups in total. The Morgan fingerprint density at radius 3 is 2.88 bits per heavy atom. The average Bonchev–Trinajstić information content (AvgIpc) is 2.81. The van der Waals surface area contributed by atoms with Crippen molar-refractivity contribution >= 4 is 11.6 Å². The van der Waals surface area contributed by atoms with Crippen molar-refractivity contribution in [1.82, 2.24) is 9.55 Å². The number of benzene rings is 1. The summed E-state index contributed by atoms with van der Waals surface area (Å²) in [7, 11) is 0. The number of nitrogens with zero attached hydrogens (tertiary/aromatic N) is 2. The first-order valence-corrected chi connectivity index (χ1v) is 5.57. The van der Waals surface area contributed by atoms with Crippen LogP contribution in [0.25, 0.3) is 11.6 Å². The molecule has 0 spiro atoms. The molecule has 0 fully saturated rings. The van der Waals surface area contributed by atoms with Crippen molar-refractivity contribution in [2.24, 2.45) is 0 Å². The van der Waals surface area contributed by atoms with Gasteiger partial charge in [0.1, 0.15) is 0 Å². The fraction of sp³-hybridized carbons (Fsp3) is 0.133. The van der Waals surface area contributed by atoms with Gasteiger partial charge in [-0.1, -0.05) is 36.9 Å². The van der Waals surface area contributed by atoms with Crippen molar-refractivity contribution in [3.63, 3.8) is 0 Å². The third-order valence-corrected chi connectivity index (χ3v) is 2.72. The summed E-state index contributed by atoms with van der Waals surface area (Å²) in [5.74, 6) is 0. The van der Waals surface area contributed by atoms with Crippen LogP contribution in [0, 0.1) is 0 Å². The lowest BCUT2D eigenvalue weighted by Crippen LogP contribution is -1.98. The highest BCUT2D eigenvalue weighted by molar-refractivity contribution is 5.71. The monoisotopic (exact) mass is 224 g/mol. The largest absolute Gasteiger partial charge is 0.333 e. The third kappa shape index (κ3) is 2.53. The molecule has 1 heterocycles. The molecule has 0 saturated heterocycles. The molecule has 0 saturated carbocycles. The van der Waals surface area contributed by atoms with Crippen molar-refractivity contribution < 1.29 is 0 Å². The van der Waals surface area contributed by atoms with Crippen LogP contribution in [0.15, 0.2) is 50.1 Å². The standard InChI is InChI=1S/C15H16N2/c1-4-14-6-5-13(9-15(14)12(2)3)10-17-8-7-16-11-17/h4-9,11H,1-2,10H2,3H3. The molecule has 0 aliphatic rings. The van der Waals surface area contributed by atoms with E-state index in [1.165, 1.54) is 5.56 Å². The summed E-state index contributed by atoms with van der Waals surface area (Å²) in [5.41, 5.74) is 4.60. The van der Waals surface area contributed by atoms with E-state index in [0.717, 1.165) is 23.2 Å². The maximum Gasteiger partial charge on any atom is 0.0949 e. The molecule has 2 rings (SSSR count). The Morgan fingerprint density at radius 2 is 2.29 bits per heavy atom. The third-order valence-electron chi connectivity index (χ3n) is 2.72. The van der Waals surface area contributed by atoms with Crippen molar-refractivity contribution in [2.75, 3.05) is 0 Å². The molecule has 86 valence electrons. The van der Waals surface area contributed by atoms with Gasteiger partial charge >= 0.3 is 0 Å². The Bertz CT molecular complexity index is 536. The van der Waals surface area contributed by atoms with Gasteiger partial charge in [0, 0.05) is 18.9 Å². The molecular formula is C15H16N2. The zero-order valence-corrected chi connectivity index (χ0v) is 10.1. The summed E-state index contributed by atoms with van der Waals surface area (Å²) in [4.78, 5) is 4.04. The van der Waals surface area contributed by atoms with Crippen molar-refractivity contribution in [3.8, 4) is 0 Å². The smallest absolute Gasteiger partial charge is 0.0949 e. The summed E-state index contributed by atoms with van der Waals surface area (Å²) in [5, 5.41) is 0. The van der Waals surface area contributed by atoms with Gasteiger partial charge < -0.3 is 4.57 Å². The van der Waals surface area contributed by atoms with E-state index >= 15 is 0 Å². The SMILES string of the molecule is C=Cc1ccc(Cn2ccnc2)cc1C(=C)C. The topological polar surface area (TPSA) is 17.8 Å². The minimum absolute atomic E-state index is 0.831. The molecule has 0 bridgehead atoms. The molecule has 2 aromatic rings. The van der Waals surface area contributed by atoms with E-state index in [0.29, 0.717) is 0 Å². The van der Waals surface area contributed by atoms with Crippen LogP contribution in [0.1, 0.15) is 23.6 Å². The second-order valence-electron chi connectivity index (χ2n) is 4.14. The molecule has 0 unspecified atom stereocenters. The predicted octanol–water partition coefficient (Wildman–Crippen LogP) is 3.61. The first-order chi connectivity index (χ1) is 8.20. The van der Waals surface area contributed by atoms with Gasteiger partial charge in [0.2, 0.25) is 0 Å². The van der Waals surface area contributed by atoms with Crippen molar-refractivity contribution in [2.45, 2.75) is 13.5 Å².